The Labute approximate surface area is 205 Å². The summed E-state index contributed by atoms with van der Waals surface area (Å²) in [5.74, 6) is 0.640. The summed E-state index contributed by atoms with van der Waals surface area (Å²) in [6, 6.07) is 10.1. The Hall–Kier alpha value is -0.993. The van der Waals surface area contributed by atoms with E-state index in [9.17, 15) is 4.79 Å². The van der Waals surface area contributed by atoms with Crippen molar-refractivity contribution in [3.63, 3.8) is 0 Å². The number of rotatable bonds is 10. The number of carbonyl (C=O) groups is 1. The summed E-state index contributed by atoms with van der Waals surface area (Å²) in [5, 5.41) is 0.0199. The van der Waals surface area contributed by atoms with Gasteiger partial charge in [0, 0.05) is 11.8 Å². The zero-order valence-electron chi connectivity index (χ0n) is 20.6. The van der Waals surface area contributed by atoms with E-state index in [1.165, 1.54) is 0 Å². The van der Waals surface area contributed by atoms with Gasteiger partial charge in [-0.1, -0.05) is 95.0 Å². The summed E-state index contributed by atoms with van der Waals surface area (Å²) in [6.45, 7) is 20.0. The van der Waals surface area contributed by atoms with Crippen molar-refractivity contribution in [3.05, 3.63) is 48.6 Å². The lowest BCUT2D eigenvalue weighted by Gasteiger charge is -2.41. The quantitative estimate of drug-likeness (QED) is 0.218. The molecule has 7 heteroatoms. The van der Waals surface area contributed by atoms with Crippen LogP contribution in [-0.4, -0.2) is 48.0 Å². The third kappa shape index (κ3) is 6.76. The van der Waals surface area contributed by atoms with Gasteiger partial charge >= 0.3 is 0 Å². The van der Waals surface area contributed by atoms with Crippen LogP contribution < -0.4 is 0 Å². The summed E-state index contributed by atoms with van der Waals surface area (Å²) in [6.07, 6.45) is 1.34. The second-order valence-corrected chi connectivity index (χ2v) is 16.7. The minimum atomic E-state index is -2.13. The van der Waals surface area contributed by atoms with Gasteiger partial charge in [0.2, 0.25) is 5.91 Å². The Morgan fingerprint density at radius 1 is 1.31 bits per heavy atom. The average molecular weight is 494 g/mol. The van der Waals surface area contributed by atoms with Crippen LogP contribution in [0.25, 0.3) is 0 Å². The van der Waals surface area contributed by atoms with Gasteiger partial charge in [0.05, 0.1) is 25.2 Å². The molecule has 0 saturated carbocycles. The maximum absolute atomic E-state index is 13.9. The molecule has 1 aliphatic heterocycles. The van der Waals surface area contributed by atoms with Gasteiger partial charge in [-0.2, -0.15) is 0 Å². The Bertz CT molecular complexity index is 792. The van der Waals surface area contributed by atoms with E-state index in [4.69, 9.17) is 21.4 Å². The smallest absolute Gasteiger partial charge is 0.236 e. The first kappa shape index (κ1) is 27.3. The predicted molar refractivity (Wildman–Crippen MR) is 142 cm³/mol. The highest BCUT2D eigenvalue weighted by molar-refractivity contribution is 8.23. The topological polar surface area (TPSA) is 38.8 Å². The van der Waals surface area contributed by atoms with E-state index in [0.29, 0.717) is 16.8 Å². The third-order valence-electron chi connectivity index (χ3n) is 6.50. The van der Waals surface area contributed by atoms with E-state index in [1.807, 2.05) is 35.2 Å². The number of ether oxygens (including phenoxy) is 1. The fourth-order valence-corrected chi connectivity index (χ4v) is 6.29. The second kappa shape index (κ2) is 11.4. The van der Waals surface area contributed by atoms with Crippen LogP contribution in [0, 0.1) is 11.8 Å². The molecule has 0 N–H and O–H groups in total. The van der Waals surface area contributed by atoms with Gasteiger partial charge < -0.3 is 9.16 Å². The van der Waals surface area contributed by atoms with Crippen LogP contribution in [0.4, 0.5) is 0 Å². The molecule has 2 rings (SSSR count). The molecule has 3 atom stereocenters. The maximum Gasteiger partial charge on any atom is 0.236 e. The van der Waals surface area contributed by atoms with Crippen molar-refractivity contribution in [2.75, 3.05) is 12.4 Å². The molecular formula is C25H39NO3S2Si. The molecule has 1 saturated heterocycles. The van der Waals surface area contributed by atoms with Gasteiger partial charge in [-0.15, -0.1) is 6.58 Å². The SMILES string of the molecule is C=C[C@H](O[Si](C)(C)C(C)(C)C)[C@@H](COCc1ccccc1)C(=O)N1C(=S)SC[C@@H]1C(C)C. The van der Waals surface area contributed by atoms with E-state index in [1.54, 1.807) is 17.8 Å². The Morgan fingerprint density at radius 2 is 1.94 bits per heavy atom. The van der Waals surface area contributed by atoms with Crippen LogP contribution >= 0.6 is 24.0 Å². The standard InChI is InChI=1S/C25H39NO3S2Si/c1-9-22(29-32(7,8)25(4,5)6)20(16-28-15-19-13-11-10-12-14-19)23(27)26-21(18(2)3)17-31-24(26)30/h9-14,18,20-22H,1,15-17H2,2-8H3/t20-,21-,22+/m1/s1. The van der Waals surface area contributed by atoms with Crippen molar-refractivity contribution < 1.29 is 14.0 Å². The van der Waals surface area contributed by atoms with E-state index in [2.05, 4.69) is 54.3 Å². The first-order valence-corrected chi connectivity index (χ1v) is 15.6. The molecule has 0 spiro atoms. The molecule has 1 aromatic carbocycles. The molecule has 0 aliphatic carbocycles. The fraction of sp³-hybridized carbons (Fsp3) is 0.600. The number of benzene rings is 1. The highest BCUT2D eigenvalue weighted by Gasteiger charge is 2.45. The molecule has 0 unspecified atom stereocenters. The van der Waals surface area contributed by atoms with Crippen LogP contribution in [0.2, 0.25) is 18.1 Å². The van der Waals surface area contributed by atoms with Crippen molar-refractivity contribution in [1.82, 2.24) is 4.90 Å². The van der Waals surface area contributed by atoms with E-state index in [0.717, 1.165) is 11.3 Å². The number of hydrogen-bond acceptors (Lipinski definition) is 5. The van der Waals surface area contributed by atoms with E-state index in [-0.39, 0.29) is 23.6 Å². The molecule has 1 heterocycles. The molecule has 1 aliphatic rings. The number of hydrogen-bond donors (Lipinski definition) is 0. The van der Waals surface area contributed by atoms with Gasteiger partial charge in [0.1, 0.15) is 4.32 Å². The van der Waals surface area contributed by atoms with E-state index >= 15 is 0 Å². The lowest BCUT2D eigenvalue weighted by Crippen LogP contribution is -2.52. The van der Waals surface area contributed by atoms with Gasteiger partial charge in [-0.05, 0) is 29.6 Å². The summed E-state index contributed by atoms with van der Waals surface area (Å²) in [4.78, 5) is 15.7. The Balaban J connectivity index is 2.29. The molecule has 1 aromatic rings. The normalized spacial score (nSPS) is 19.3. The zero-order chi connectivity index (χ0) is 24.1. The van der Waals surface area contributed by atoms with E-state index < -0.39 is 20.3 Å². The molecular weight excluding hydrogens is 454 g/mol. The van der Waals surface area contributed by atoms with Gasteiger partial charge in [-0.25, -0.2) is 0 Å². The molecule has 1 amide bonds. The number of carbonyl (C=O) groups excluding carboxylic acids is 1. The Morgan fingerprint density at radius 3 is 2.47 bits per heavy atom. The number of thiocarbonyl (C=S) groups is 1. The fourth-order valence-electron chi connectivity index (χ4n) is 3.35. The minimum absolute atomic E-state index is 0.0182. The van der Waals surface area contributed by atoms with Crippen LogP contribution in [0.15, 0.2) is 43.0 Å². The highest BCUT2D eigenvalue weighted by Crippen LogP contribution is 2.39. The summed E-state index contributed by atoms with van der Waals surface area (Å²) >= 11 is 7.17. The molecule has 0 radical (unpaired) electrons. The average Bonchev–Trinajstić information content (AvgIpc) is 3.11. The Kier molecular flexibility index (Phi) is 9.73. The first-order chi connectivity index (χ1) is 14.9. The van der Waals surface area contributed by atoms with Crippen LogP contribution in [0.3, 0.4) is 0 Å². The summed E-state index contributed by atoms with van der Waals surface area (Å²) < 4.78 is 13.4. The maximum atomic E-state index is 13.9. The van der Waals surface area contributed by atoms with Crippen molar-refractivity contribution in [2.45, 2.75) is 71.5 Å². The molecule has 0 bridgehead atoms. The number of nitrogens with zero attached hydrogens (tertiary/aromatic N) is 1. The molecule has 4 nitrogen and oxygen atoms in total. The van der Waals surface area contributed by atoms with Crippen molar-refractivity contribution in [3.8, 4) is 0 Å². The largest absolute Gasteiger partial charge is 0.410 e. The van der Waals surface area contributed by atoms with Crippen LogP contribution in [-0.2, 0) is 20.6 Å². The summed E-state index contributed by atoms with van der Waals surface area (Å²) in [7, 11) is -2.13. The van der Waals surface area contributed by atoms with Crippen molar-refractivity contribution >= 4 is 42.5 Å². The number of amides is 1. The molecule has 0 aromatic heterocycles. The first-order valence-electron chi connectivity index (χ1n) is 11.3. The lowest BCUT2D eigenvalue weighted by molar-refractivity contribution is -0.138. The van der Waals surface area contributed by atoms with Gasteiger partial charge in [0.25, 0.3) is 0 Å². The summed E-state index contributed by atoms with van der Waals surface area (Å²) in [5.41, 5.74) is 1.08. The van der Waals surface area contributed by atoms with Crippen LogP contribution in [0.5, 0.6) is 0 Å². The predicted octanol–water partition coefficient (Wildman–Crippen LogP) is 6.28. The van der Waals surface area contributed by atoms with Crippen molar-refractivity contribution in [1.29, 1.82) is 0 Å². The van der Waals surface area contributed by atoms with Crippen molar-refractivity contribution in [2.24, 2.45) is 11.8 Å². The lowest BCUT2D eigenvalue weighted by atomic mass is 9.98. The molecule has 32 heavy (non-hydrogen) atoms. The monoisotopic (exact) mass is 493 g/mol. The van der Waals surface area contributed by atoms with Gasteiger partial charge in [0.15, 0.2) is 8.32 Å². The minimum Gasteiger partial charge on any atom is -0.410 e. The third-order valence-corrected chi connectivity index (χ3v) is 12.5. The van der Waals surface area contributed by atoms with Crippen LogP contribution in [0.1, 0.15) is 40.2 Å². The number of thioether (sulfide) groups is 1. The second-order valence-electron chi connectivity index (χ2n) is 10.3. The molecule has 1 fully saturated rings. The highest BCUT2D eigenvalue weighted by atomic mass is 32.2. The molecule has 178 valence electrons. The zero-order valence-corrected chi connectivity index (χ0v) is 23.2. The van der Waals surface area contributed by atoms with Gasteiger partial charge in [-0.3, -0.25) is 9.69 Å².